The van der Waals surface area contributed by atoms with Crippen LogP contribution in [0.1, 0.15) is 22.3 Å². The molecule has 24 heavy (non-hydrogen) atoms. The predicted molar refractivity (Wildman–Crippen MR) is 93.4 cm³/mol. The van der Waals surface area contributed by atoms with E-state index in [1.807, 2.05) is 42.6 Å². The van der Waals surface area contributed by atoms with Gasteiger partial charge in [0.2, 0.25) is 0 Å². The first-order chi connectivity index (χ1) is 11.7. The molecule has 0 spiro atoms. The number of amides is 1. The third-order valence-electron chi connectivity index (χ3n) is 3.58. The topological polar surface area (TPSA) is 64.4 Å². The molecule has 0 aliphatic rings. The van der Waals surface area contributed by atoms with Gasteiger partial charge in [0.15, 0.2) is 11.5 Å². The van der Waals surface area contributed by atoms with Crippen LogP contribution < -0.4 is 10.1 Å². The van der Waals surface area contributed by atoms with Crippen LogP contribution in [0, 0.1) is 0 Å². The Bertz CT molecular complexity index is 811. The number of carbonyl (C=O) groups is 1. The third-order valence-corrected chi connectivity index (χ3v) is 4.48. The zero-order valence-corrected chi connectivity index (χ0v) is 14.3. The molecule has 0 bridgehead atoms. The minimum absolute atomic E-state index is 0.0163. The summed E-state index contributed by atoms with van der Waals surface area (Å²) in [4.78, 5) is 13.6. The lowest BCUT2D eigenvalue weighted by Gasteiger charge is -2.11. The average Bonchev–Trinajstić information content (AvgIpc) is 3.26. The second-order valence-corrected chi connectivity index (χ2v) is 6.47. The van der Waals surface area contributed by atoms with Crippen molar-refractivity contribution in [2.45, 2.75) is 19.4 Å². The van der Waals surface area contributed by atoms with Crippen LogP contribution in [-0.4, -0.2) is 24.2 Å². The molecule has 1 amide bonds. The Hall–Kier alpha value is -2.60. The Balaban J connectivity index is 1.69. The molecule has 124 valence electrons. The summed E-state index contributed by atoms with van der Waals surface area (Å²) in [6, 6.07) is 13.2. The number of nitrogens with zero attached hydrogens (tertiary/aromatic N) is 1. The SMILES string of the molecule is COc1ccccc1-c1cc(C(=O)NC(C)Cc2cccs2)no1. The van der Waals surface area contributed by atoms with Gasteiger partial charge in [-0.3, -0.25) is 4.79 Å². The number of carbonyl (C=O) groups excluding carboxylic acids is 1. The number of hydrogen-bond donors (Lipinski definition) is 1. The molecule has 2 heterocycles. The van der Waals surface area contributed by atoms with Crippen molar-refractivity contribution in [3.63, 3.8) is 0 Å². The van der Waals surface area contributed by atoms with Crippen molar-refractivity contribution in [3.8, 4) is 17.1 Å². The van der Waals surface area contributed by atoms with E-state index in [1.165, 1.54) is 4.88 Å². The molecule has 2 aromatic heterocycles. The minimum atomic E-state index is -0.246. The summed E-state index contributed by atoms with van der Waals surface area (Å²) in [6.45, 7) is 1.97. The maximum Gasteiger partial charge on any atom is 0.273 e. The zero-order valence-electron chi connectivity index (χ0n) is 13.5. The molecule has 3 rings (SSSR count). The molecule has 0 radical (unpaired) electrons. The Morgan fingerprint density at radius 2 is 2.17 bits per heavy atom. The molecular formula is C18H18N2O3S. The van der Waals surface area contributed by atoms with Crippen LogP contribution in [0.4, 0.5) is 0 Å². The first kappa shape index (κ1) is 16.3. The number of rotatable bonds is 6. The van der Waals surface area contributed by atoms with E-state index >= 15 is 0 Å². The van der Waals surface area contributed by atoms with Crippen LogP contribution in [0.25, 0.3) is 11.3 Å². The number of nitrogens with one attached hydrogen (secondary N) is 1. The quantitative estimate of drug-likeness (QED) is 0.740. The fourth-order valence-electron chi connectivity index (χ4n) is 2.44. The van der Waals surface area contributed by atoms with Gasteiger partial charge in [0.1, 0.15) is 5.75 Å². The monoisotopic (exact) mass is 342 g/mol. The van der Waals surface area contributed by atoms with Gasteiger partial charge in [-0.25, -0.2) is 0 Å². The van der Waals surface area contributed by atoms with Crippen molar-refractivity contribution in [2.24, 2.45) is 0 Å². The highest BCUT2D eigenvalue weighted by Gasteiger charge is 2.17. The van der Waals surface area contributed by atoms with Gasteiger partial charge in [-0.2, -0.15) is 0 Å². The van der Waals surface area contributed by atoms with Gasteiger partial charge in [0.05, 0.1) is 12.7 Å². The van der Waals surface area contributed by atoms with E-state index in [0.717, 1.165) is 12.0 Å². The highest BCUT2D eigenvalue weighted by atomic mass is 32.1. The lowest BCUT2D eigenvalue weighted by molar-refractivity contribution is 0.0931. The van der Waals surface area contributed by atoms with Gasteiger partial charge in [0, 0.05) is 23.4 Å². The highest BCUT2D eigenvalue weighted by molar-refractivity contribution is 7.09. The smallest absolute Gasteiger partial charge is 0.273 e. The zero-order chi connectivity index (χ0) is 16.9. The molecule has 0 saturated heterocycles. The van der Waals surface area contributed by atoms with Crippen molar-refractivity contribution in [1.29, 1.82) is 0 Å². The maximum atomic E-state index is 12.3. The number of methoxy groups -OCH3 is 1. The third kappa shape index (κ3) is 3.65. The number of aromatic nitrogens is 1. The minimum Gasteiger partial charge on any atom is -0.496 e. The summed E-state index contributed by atoms with van der Waals surface area (Å²) >= 11 is 1.68. The molecule has 3 aromatic rings. The van der Waals surface area contributed by atoms with Crippen LogP contribution in [0.2, 0.25) is 0 Å². The van der Waals surface area contributed by atoms with E-state index < -0.39 is 0 Å². The highest BCUT2D eigenvalue weighted by Crippen LogP contribution is 2.29. The second kappa shape index (κ2) is 7.31. The van der Waals surface area contributed by atoms with Gasteiger partial charge in [-0.15, -0.1) is 11.3 Å². The summed E-state index contributed by atoms with van der Waals surface area (Å²) in [7, 11) is 1.59. The van der Waals surface area contributed by atoms with E-state index in [0.29, 0.717) is 11.5 Å². The standard InChI is InChI=1S/C18H18N2O3S/c1-12(10-13-6-5-9-24-13)19-18(21)15-11-17(23-20-15)14-7-3-4-8-16(14)22-2/h3-9,11-12H,10H2,1-2H3,(H,19,21). The molecule has 5 nitrogen and oxygen atoms in total. The fraction of sp³-hybridized carbons (Fsp3) is 0.222. The molecule has 0 fully saturated rings. The van der Waals surface area contributed by atoms with Crippen LogP contribution in [0.5, 0.6) is 5.75 Å². The van der Waals surface area contributed by atoms with Crippen LogP contribution in [-0.2, 0) is 6.42 Å². The van der Waals surface area contributed by atoms with E-state index in [1.54, 1.807) is 24.5 Å². The van der Waals surface area contributed by atoms with Gasteiger partial charge in [-0.1, -0.05) is 23.4 Å². The Labute approximate surface area is 144 Å². The predicted octanol–water partition coefficient (Wildman–Crippen LogP) is 3.77. The number of thiophene rings is 1. The van der Waals surface area contributed by atoms with Crippen LogP contribution >= 0.6 is 11.3 Å². The Morgan fingerprint density at radius 3 is 2.92 bits per heavy atom. The summed E-state index contributed by atoms with van der Waals surface area (Å²) in [5.41, 5.74) is 1.02. The molecule has 6 heteroatoms. The molecule has 1 aromatic carbocycles. The van der Waals surface area contributed by atoms with E-state index in [-0.39, 0.29) is 17.6 Å². The first-order valence-electron chi connectivity index (χ1n) is 7.60. The molecule has 1 unspecified atom stereocenters. The van der Waals surface area contributed by atoms with E-state index in [4.69, 9.17) is 9.26 Å². The summed E-state index contributed by atoms with van der Waals surface area (Å²) < 4.78 is 10.6. The summed E-state index contributed by atoms with van der Waals surface area (Å²) in [5, 5.41) is 8.85. The molecule has 1 N–H and O–H groups in total. The van der Waals surface area contributed by atoms with Crippen LogP contribution in [0.15, 0.2) is 52.4 Å². The summed E-state index contributed by atoms with van der Waals surface area (Å²) in [5.74, 6) is 0.930. The largest absolute Gasteiger partial charge is 0.496 e. The molecule has 0 saturated carbocycles. The fourth-order valence-corrected chi connectivity index (χ4v) is 3.27. The number of hydrogen-bond acceptors (Lipinski definition) is 5. The molecule has 1 atom stereocenters. The van der Waals surface area contributed by atoms with Gasteiger partial charge in [0.25, 0.3) is 5.91 Å². The van der Waals surface area contributed by atoms with Crippen molar-refractivity contribution in [3.05, 3.63) is 58.4 Å². The van der Waals surface area contributed by atoms with Crippen molar-refractivity contribution in [1.82, 2.24) is 10.5 Å². The van der Waals surface area contributed by atoms with Crippen molar-refractivity contribution in [2.75, 3.05) is 7.11 Å². The van der Waals surface area contributed by atoms with Gasteiger partial charge in [-0.05, 0) is 30.5 Å². The molecule has 0 aliphatic carbocycles. The second-order valence-electron chi connectivity index (χ2n) is 5.43. The summed E-state index contributed by atoms with van der Waals surface area (Å²) in [6.07, 6.45) is 0.792. The van der Waals surface area contributed by atoms with Crippen LogP contribution in [0.3, 0.4) is 0 Å². The van der Waals surface area contributed by atoms with Crippen molar-refractivity contribution < 1.29 is 14.1 Å². The first-order valence-corrected chi connectivity index (χ1v) is 8.48. The van der Waals surface area contributed by atoms with E-state index in [2.05, 4.69) is 16.5 Å². The lowest BCUT2D eigenvalue weighted by Crippen LogP contribution is -2.34. The van der Waals surface area contributed by atoms with Gasteiger partial charge < -0.3 is 14.6 Å². The maximum absolute atomic E-state index is 12.3. The Kier molecular flexibility index (Phi) is 4.96. The Morgan fingerprint density at radius 1 is 1.33 bits per heavy atom. The molecular weight excluding hydrogens is 324 g/mol. The lowest BCUT2D eigenvalue weighted by atomic mass is 10.1. The molecule has 0 aliphatic heterocycles. The number of ether oxygens (including phenoxy) is 1. The normalized spacial score (nSPS) is 11.9. The van der Waals surface area contributed by atoms with Crippen molar-refractivity contribution >= 4 is 17.2 Å². The number of benzene rings is 1. The van der Waals surface area contributed by atoms with Gasteiger partial charge >= 0.3 is 0 Å². The average molecular weight is 342 g/mol. The van der Waals surface area contributed by atoms with E-state index in [9.17, 15) is 4.79 Å². The number of para-hydroxylation sites is 1.